The van der Waals surface area contributed by atoms with E-state index in [0.29, 0.717) is 15.7 Å². The van der Waals surface area contributed by atoms with Crippen molar-refractivity contribution in [1.29, 1.82) is 0 Å². The van der Waals surface area contributed by atoms with Gasteiger partial charge in [0.25, 0.3) is 0 Å². The molecule has 1 N–H and O–H groups in total. The number of hydrogen-bond donors (Lipinski definition) is 1. The summed E-state index contributed by atoms with van der Waals surface area (Å²) in [5.74, 6) is -0.536. The van der Waals surface area contributed by atoms with Gasteiger partial charge in [0.05, 0.1) is 16.3 Å². The molecule has 0 heterocycles. The van der Waals surface area contributed by atoms with Crippen molar-refractivity contribution < 1.29 is 18.0 Å². The molecule has 0 radical (unpaired) electrons. The van der Waals surface area contributed by atoms with Crippen molar-refractivity contribution in [3.05, 3.63) is 69.7 Å². The van der Waals surface area contributed by atoms with Crippen molar-refractivity contribution in [2.75, 3.05) is 5.32 Å². The Labute approximate surface area is 140 Å². The van der Waals surface area contributed by atoms with E-state index in [1.165, 1.54) is 30.3 Å². The average molecular weight is 360 g/mol. The van der Waals surface area contributed by atoms with Crippen molar-refractivity contribution >= 4 is 40.9 Å². The van der Waals surface area contributed by atoms with E-state index in [2.05, 4.69) is 5.32 Å². The Kier molecular flexibility index (Phi) is 5.34. The number of carbonyl (C=O) groups excluding carboxylic acids is 1. The Hall–Kier alpha value is -1.98. The molecule has 23 heavy (non-hydrogen) atoms. The average Bonchev–Trinajstić information content (AvgIpc) is 2.48. The van der Waals surface area contributed by atoms with Crippen LogP contribution in [0.1, 0.15) is 11.1 Å². The number of amides is 1. The highest BCUT2D eigenvalue weighted by Gasteiger charge is 2.30. The van der Waals surface area contributed by atoms with Crippen molar-refractivity contribution in [3.63, 3.8) is 0 Å². The van der Waals surface area contributed by atoms with Gasteiger partial charge in [-0.25, -0.2) is 0 Å². The molecular weight excluding hydrogens is 350 g/mol. The summed E-state index contributed by atoms with van der Waals surface area (Å²) in [7, 11) is 0. The summed E-state index contributed by atoms with van der Waals surface area (Å²) in [6, 6.07) is 9.22. The molecule has 7 heteroatoms. The molecule has 0 aliphatic rings. The van der Waals surface area contributed by atoms with Crippen LogP contribution in [0.4, 0.5) is 18.9 Å². The van der Waals surface area contributed by atoms with Crippen LogP contribution >= 0.6 is 23.2 Å². The van der Waals surface area contributed by atoms with Crippen LogP contribution in [0.25, 0.3) is 6.08 Å². The van der Waals surface area contributed by atoms with Gasteiger partial charge < -0.3 is 5.32 Å². The molecule has 0 unspecified atom stereocenters. The van der Waals surface area contributed by atoms with Gasteiger partial charge in [-0.1, -0.05) is 35.3 Å². The van der Waals surface area contributed by atoms with Crippen molar-refractivity contribution in [3.8, 4) is 0 Å². The molecule has 0 bridgehead atoms. The number of anilines is 1. The minimum absolute atomic E-state index is 0.257. The predicted molar refractivity (Wildman–Crippen MR) is 85.6 cm³/mol. The van der Waals surface area contributed by atoms with Crippen molar-refractivity contribution in [2.45, 2.75) is 6.18 Å². The predicted octanol–water partition coefficient (Wildman–Crippen LogP) is 5.66. The van der Waals surface area contributed by atoms with E-state index in [9.17, 15) is 18.0 Å². The van der Waals surface area contributed by atoms with E-state index >= 15 is 0 Å². The van der Waals surface area contributed by atoms with Gasteiger partial charge in [0, 0.05) is 11.1 Å². The molecule has 0 spiro atoms. The maximum absolute atomic E-state index is 12.6. The summed E-state index contributed by atoms with van der Waals surface area (Å²) in [6.45, 7) is 0. The smallest absolute Gasteiger partial charge is 0.321 e. The molecule has 0 saturated carbocycles. The fourth-order valence-corrected chi connectivity index (χ4v) is 2.10. The quantitative estimate of drug-likeness (QED) is 0.703. The second kappa shape index (κ2) is 7.06. The van der Waals surface area contributed by atoms with Crippen LogP contribution in [0.2, 0.25) is 10.0 Å². The van der Waals surface area contributed by atoms with E-state index in [-0.39, 0.29) is 5.56 Å². The molecule has 0 fully saturated rings. The maximum Gasteiger partial charge on any atom is 0.416 e. The first-order valence-electron chi connectivity index (χ1n) is 6.37. The monoisotopic (exact) mass is 359 g/mol. The van der Waals surface area contributed by atoms with Gasteiger partial charge in [-0.05, 0) is 42.0 Å². The minimum atomic E-state index is -4.43. The zero-order valence-electron chi connectivity index (χ0n) is 11.5. The SMILES string of the molecule is O=C(/C=C/c1cccc(C(F)(F)F)c1)Nc1cc(Cl)ccc1Cl. The van der Waals surface area contributed by atoms with Gasteiger partial charge in [-0.3, -0.25) is 4.79 Å². The van der Waals surface area contributed by atoms with Crippen LogP contribution in [-0.4, -0.2) is 5.91 Å². The fraction of sp³-hybridized carbons (Fsp3) is 0.0625. The third-order valence-electron chi connectivity index (χ3n) is 2.83. The Morgan fingerprint density at radius 2 is 1.83 bits per heavy atom. The molecule has 0 aliphatic heterocycles. The number of halogens is 5. The lowest BCUT2D eigenvalue weighted by Crippen LogP contribution is -2.08. The Bertz CT molecular complexity index is 757. The normalized spacial score (nSPS) is 11.7. The number of carbonyl (C=O) groups is 1. The van der Waals surface area contributed by atoms with Crippen LogP contribution in [0, 0.1) is 0 Å². The van der Waals surface area contributed by atoms with Crippen LogP contribution in [0.15, 0.2) is 48.5 Å². The Balaban J connectivity index is 2.11. The number of benzene rings is 2. The summed E-state index contributed by atoms with van der Waals surface area (Å²) < 4.78 is 37.8. The first-order valence-corrected chi connectivity index (χ1v) is 7.13. The Morgan fingerprint density at radius 1 is 1.09 bits per heavy atom. The van der Waals surface area contributed by atoms with E-state index in [4.69, 9.17) is 23.2 Å². The standard InChI is InChI=1S/C16H10Cl2F3NO/c17-12-5-6-13(18)14(9-12)22-15(23)7-4-10-2-1-3-11(8-10)16(19,20)21/h1-9H,(H,22,23)/b7-4+. The zero-order chi connectivity index (χ0) is 17.0. The molecule has 0 aliphatic carbocycles. The van der Waals surface area contributed by atoms with E-state index < -0.39 is 17.6 Å². The van der Waals surface area contributed by atoms with E-state index in [1.54, 1.807) is 6.07 Å². The summed E-state index contributed by atoms with van der Waals surface area (Å²) in [4.78, 5) is 11.8. The second-order valence-corrected chi connectivity index (χ2v) is 5.41. The highest BCUT2D eigenvalue weighted by Crippen LogP contribution is 2.30. The first-order chi connectivity index (χ1) is 10.8. The van der Waals surface area contributed by atoms with E-state index in [0.717, 1.165) is 18.2 Å². The molecule has 2 rings (SSSR count). The largest absolute Gasteiger partial charge is 0.416 e. The molecule has 1 amide bonds. The van der Waals surface area contributed by atoms with Crippen LogP contribution in [0.3, 0.4) is 0 Å². The second-order valence-electron chi connectivity index (χ2n) is 4.57. The summed E-state index contributed by atoms with van der Waals surface area (Å²) in [5, 5.41) is 3.20. The molecule has 2 aromatic carbocycles. The summed E-state index contributed by atoms with van der Waals surface area (Å²) >= 11 is 11.7. The molecule has 2 aromatic rings. The first kappa shape index (κ1) is 17.4. The van der Waals surface area contributed by atoms with Gasteiger partial charge in [-0.2, -0.15) is 13.2 Å². The molecular formula is C16H10Cl2F3NO. The zero-order valence-corrected chi connectivity index (χ0v) is 13.0. The van der Waals surface area contributed by atoms with Crippen LogP contribution in [0.5, 0.6) is 0 Å². The Morgan fingerprint density at radius 3 is 2.52 bits per heavy atom. The van der Waals surface area contributed by atoms with Crippen LogP contribution in [-0.2, 0) is 11.0 Å². The lowest BCUT2D eigenvalue weighted by Gasteiger charge is -2.07. The molecule has 2 nitrogen and oxygen atoms in total. The van der Waals surface area contributed by atoms with Gasteiger partial charge >= 0.3 is 6.18 Å². The van der Waals surface area contributed by atoms with Crippen molar-refractivity contribution in [1.82, 2.24) is 0 Å². The molecule has 0 aromatic heterocycles. The number of hydrogen-bond acceptors (Lipinski definition) is 1. The topological polar surface area (TPSA) is 29.1 Å². The summed E-state index contributed by atoms with van der Waals surface area (Å²) in [6.07, 6.45) is -2.03. The highest BCUT2D eigenvalue weighted by atomic mass is 35.5. The molecule has 0 saturated heterocycles. The lowest BCUT2D eigenvalue weighted by molar-refractivity contribution is -0.137. The van der Waals surface area contributed by atoms with Gasteiger partial charge in [0.1, 0.15) is 0 Å². The molecule has 120 valence electrons. The third kappa shape index (κ3) is 5.01. The maximum atomic E-state index is 12.6. The van der Waals surface area contributed by atoms with Gasteiger partial charge in [0.15, 0.2) is 0 Å². The third-order valence-corrected chi connectivity index (χ3v) is 3.39. The number of rotatable bonds is 3. The lowest BCUT2D eigenvalue weighted by atomic mass is 10.1. The van der Waals surface area contributed by atoms with Crippen molar-refractivity contribution in [2.24, 2.45) is 0 Å². The minimum Gasteiger partial charge on any atom is -0.321 e. The highest BCUT2D eigenvalue weighted by molar-refractivity contribution is 6.35. The van der Waals surface area contributed by atoms with E-state index in [1.807, 2.05) is 0 Å². The number of alkyl halides is 3. The van der Waals surface area contributed by atoms with Gasteiger partial charge in [-0.15, -0.1) is 0 Å². The molecule has 0 atom stereocenters. The summed E-state index contributed by atoms with van der Waals surface area (Å²) in [5.41, 5.74) is -0.206. The van der Waals surface area contributed by atoms with Gasteiger partial charge in [0.2, 0.25) is 5.91 Å². The fourth-order valence-electron chi connectivity index (χ4n) is 1.76. The van der Waals surface area contributed by atoms with Crippen LogP contribution < -0.4 is 5.32 Å². The number of nitrogens with one attached hydrogen (secondary N) is 1.